The minimum Gasteiger partial charge on any atom is -0.389 e. The number of nitrogens with zero attached hydrogens (tertiary/aromatic N) is 8. The van der Waals surface area contributed by atoms with Gasteiger partial charge in [0, 0.05) is 41.1 Å². The topological polar surface area (TPSA) is 155 Å². The summed E-state index contributed by atoms with van der Waals surface area (Å²) in [5.74, 6) is 1.97. The Hall–Kier alpha value is -3.57. The number of anilines is 2. The average Bonchev–Trinajstić information content (AvgIpc) is 3.82. The summed E-state index contributed by atoms with van der Waals surface area (Å²) in [6, 6.07) is 3.09. The van der Waals surface area contributed by atoms with Crippen LogP contribution in [-0.2, 0) is 29.6 Å². The van der Waals surface area contributed by atoms with E-state index in [0.717, 1.165) is 90.0 Å². The second-order valence-electron chi connectivity index (χ2n) is 14.6. The quantitative estimate of drug-likeness (QED) is 0.321. The van der Waals surface area contributed by atoms with Crippen LogP contribution in [0, 0.1) is 11.3 Å². The summed E-state index contributed by atoms with van der Waals surface area (Å²) >= 11 is 1.48. The Morgan fingerprint density at radius 3 is 2.83 bits per heavy atom. The standard InChI is InChI=1S/C34H41N9O3S/c1-18(23-6-5-14-41(23)3)43-32-25-22(39-43)9-8-19-10-13-33(2,44)17-42(19)31(25)37-30(38-32)27-20-11-15-45-34(28(20)46-40-27)12-4-7-24-26(34)21(16-35)29(36)47-24/h18-19,23,44H,4-15,17,36H2,1-3H3/t18-,19-,23-,33+,34-/m0/s1. The molecule has 3 N–H and O–H groups in total. The molecule has 246 valence electrons. The first-order valence-corrected chi connectivity index (χ1v) is 17.9. The van der Waals surface area contributed by atoms with Crippen molar-refractivity contribution in [2.24, 2.45) is 0 Å². The maximum Gasteiger partial charge on any atom is 0.186 e. The molecule has 0 bridgehead atoms. The third kappa shape index (κ3) is 4.27. The van der Waals surface area contributed by atoms with E-state index in [-0.39, 0.29) is 12.1 Å². The van der Waals surface area contributed by atoms with E-state index in [1.54, 1.807) is 0 Å². The number of likely N-dealkylation sites (tertiary alicyclic amines) is 1. The minimum atomic E-state index is -0.908. The van der Waals surface area contributed by atoms with Gasteiger partial charge >= 0.3 is 0 Å². The van der Waals surface area contributed by atoms with Gasteiger partial charge in [0.1, 0.15) is 16.9 Å². The van der Waals surface area contributed by atoms with E-state index < -0.39 is 11.2 Å². The van der Waals surface area contributed by atoms with Gasteiger partial charge in [-0.25, -0.2) is 14.6 Å². The van der Waals surface area contributed by atoms with Crippen molar-refractivity contribution in [2.45, 2.75) is 107 Å². The van der Waals surface area contributed by atoms with Crippen LogP contribution < -0.4 is 10.6 Å². The molecule has 5 aliphatic rings. The van der Waals surface area contributed by atoms with Crippen molar-refractivity contribution < 1.29 is 14.4 Å². The van der Waals surface area contributed by atoms with Gasteiger partial charge in [-0.05, 0) is 85.2 Å². The molecule has 9 rings (SSSR count). The first-order chi connectivity index (χ1) is 22.7. The van der Waals surface area contributed by atoms with Crippen molar-refractivity contribution >= 4 is 33.2 Å². The lowest BCUT2D eigenvalue weighted by Crippen LogP contribution is -2.51. The van der Waals surface area contributed by atoms with E-state index in [1.165, 1.54) is 17.8 Å². The Bertz CT molecular complexity index is 1950. The van der Waals surface area contributed by atoms with Gasteiger partial charge in [-0.1, -0.05) is 5.16 Å². The highest BCUT2D eigenvalue weighted by Gasteiger charge is 2.51. The van der Waals surface area contributed by atoms with E-state index in [2.05, 4.69) is 39.7 Å². The van der Waals surface area contributed by atoms with Crippen molar-refractivity contribution in [2.75, 3.05) is 37.4 Å². The maximum absolute atomic E-state index is 11.3. The molecule has 4 aromatic heterocycles. The molecule has 5 atom stereocenters. The van der Waals surface area contributed by atoms with Gasteiger partial charge in [-0.2, -0.15) is 10.4 Å². The predicted molar refractivity (Wildman–Crippen MR) is 177 cm³/mol. The Kier molecular flexibility index (Phi) is 6.58. The van der Waals surface area contributed by atoms with Crippen LogP contribution in [0.25, 0.3) is 22.6 Å². The summed E-state index contributed by atoms with van der Waals surface area (Å²) in [6.45, 7) is 6.22. The van der Waals surface area contributed by atoms with E-state index in [1.807, 2.05) is 6.92 Å². The predicted octanol–water partition coefficient (Wildman–Crippen LogP) is 4.47. The molecule has 0 amide bonds. The van der Waals surface area contributed by atoms with Gasteiger partial charge in [0.05, 0.1) is 34.9 Å². The highest BCUT2D eigenvalue weighted by Crippen LogP contribution is 2.53. The number of nitrogen functional groups attached to an aromatic ring is 1. The number of thiophene rings is 1. The highest BCUT2D eigenvalue weighted by molar-refractivity contribution is 7.16. The van der Waals surface area contributed by atoms with Gasteiger partial charge in [0.15, 0.2) is 28.5 Å². The Morgan fingerprint density at radius 2 is 2.02 bits per heavy atom. The Morgan fingerprint density at radius 1 is 1.15 bits per heavy atom. The zero-order valence-corrected chi connectivity index (χ0v) is 28.1. The van der Waals surface area contributed by atoms with Crippen molar-refractivity contribution in [3.05, 3.63) is 33.0 Å². The van der Waals surface area contributed by atoms with Gasteiger partial charge < -0.3 is 29.9 Å². The Balaban J connectivity index is 1.24. The molecular formula is C34H41N9O3S. The van der Waals surface area contributed by atoms with E-state index in [4.69, 9.17) is 30.1 Å². The molecule has 1 spiro atoms. The third-order valence-electron chi connectivity index (χ3n) is 11.6. The lowest BCUT2D eigenvalue weighted by Gasteiger charge is -2.43. The van der Waals surface area contributed by atoms with Crippen LogP contribution in [-0.4, -0.2) is 79.3 Å². The molecule has 8 heterocycles. The smallest absolute Gasteiger partial charge is 0.186 e. The van der Waals surface area contributed by atoms with Gasteiger partial charge in [0.2, 0.25) is 0 Å². The number of likely N-dealkylation sites (N-methyl/N-ethyl adjacent to an activating group) is 1. The Labute approximate surface area is 277 Å². The number of ether oxygens (including phenoxy) is 1. The number of aryl methyl sites for hydroxylation is 2. The summed E-state index contributed by atoms with van der Waals surface area (Å²) < 4.78 is 15.0. The van der Waals surface area contributed by atoms with Crippen molar-refractivity contribution in [1.29, 1.82) is 5.26 Å². The highest BCUT2D eigenvalue weighted by atomic mass is 32.1. The van der Waals surface area contributed by atoms with Gasteiger partial charge in [0.25, 0.3) is 0 Å². The van der Waals surface area contributed by atoms with Gasteiger partial charge in [-0.15, -0.1) is 11.3 Å². The number of piperidine rings is 1. The van der Waals surface area contributed by atoms with E-state index in [9.17, 15) is 10.4 Å². The lowest BCUT2D eigenvalue weighted by molar-refractivity contribution is -0.0580. The molecule has 47 heavy (non-hydrogen) atoms. The number of aliphatic hydroxyl groups is 1. The van der Waals surface area contributed by atoms with E-state index >= 15 is 0 Å². The van der Waals surface area contributed by atoms with Crippen molar-refractivity contribution in [1.82, 2.24) is 29.8 Å². The molecule has 13 heteroatoms. The first kappa shape index (κ1) is 29.6. The van der Waals surface area contributed by atoms with Crippen LogP contribution in [0.4, 0.5) is 10.8 Å². The van der Waals surface area contributed by atoms with Crippen LogP contribution in [0.2, 0.25) is 0 Å². The zero-order valence-electron chi connectivity index (χ0n) is 27.3. The molecule has 0 unspecified atom stereocenters. The second kappa shape index (κ2) is 10.5. The molecule has 12 nitrogen and oxygen atoms in total. The number of rotatable bonds is 3. The fourth-order valence-corrected chi connectivity index (χ4v) is 10.4. The van der Waals surface area contributed by atoms with Crippen LogP contribution in [0.1, 0.15) is 97.9 Å². The molecule has 0 radical (unpaired) electrons. The second-order valence-corrected chi connectivity index (χ2v) is 15.8. The molecular weight excluding hydrogens is 615 g/mol. The van der Waals surface area contributed by atoms with Crippen molar-refractivity contribution in [3.8, 4) is 17.6 Å². The van der Waals surface area contributed by atoms with Crippen LogP contribution >= 0.6 is 11.3 Å². The molecule has 1 aliphatic carbocycles. The molecule has 4 aliphatic heterocycles. The normalized spacial score (nSPS) is 29.4. The summed E-state index contributed by atoms with van der Waals surface area (Å²) in [5, 5.41) is 32.9. The fraction of sp³-hybridized carbons (Fsp3) is 0.618. The number of hydrogen-bond acceptors (Lipinski definition) is 12. The average molecular weight is 656 g/mol. The first-order valence-electron chi connectivity index (χ1n) is 17.1. The molecule has 0 aromatic carbocycles. The molecule has 2 fully saturated rings. The summed E-state index contributed by atoms with van der Waals surface area (Å²) in [6.07, 6.45) is 8.79. The van der Waals surface area contributed by atoms with E-state index in [0.29, 0.717) is 59.9 Å². The molecule has 4 aromatic rings. The lowest BCUT2D eigenvalue weighted by atomic mass is 9.76. The number of aromatic nitrogens is 5. The summed E-state index contributed by atoms with van der Waals surface area (Å²) in [4.78, 5) is 16.4. The van der Waals surface area contributed by atoms with Crippen LogP contribution in [0.3, 0.4) is 0 Å². The number of hydrogen-bond donors (Lipinski definition) is 2. The fourth-order valence-electron chi connectivity index (χ4n) is 9.26. The largest absolute Gasteiger partial charge is 0.389 e. The SMILES string of the molecule is C[C@@H]([C@@H]1CCCN1C)n1nc2c3c(nc(-c4noc5c4CCO[C@]54CCCc5sc(N)c(C#N)c54)nc31)N1C[C@](C)(O)CC[C@@H]1CC2. The molecule has 2 saturated heterocycles. The molecule has 0 saturated carbocycles. The summed E-state index contributed by atoms with van der Waals surface area (Å²) in [5.41, 5.74) is 9.34. The maximum atomic E-state index is 11.3. The monoisotopic (exact) mass is 655 g/mol. The van der Waals surface area contributed by atoms with Crippen LogP contribution in [0.15, 0.2) is 4.52 Å². The van der Waals surface area contributed by atoms with Gasteiger partial charge in [-0.3, -0.25) is 0 Å². The van der Waals surface area contributed by atoms with Crippen LogP contribution in [0.5, 0.6) is 0 Å². The number of nitriles is 1. The number of fused-ring (bicyclic) bond motifs is 6. The zero-order chi connectivity index (χ0) is 32.2. The summed E-state index contributed by atoms with van der Waals surface area (Å²) in [7, 11) is 2.20. The minimum absolute atomic E-state index is 0.117. The third-order valence-corrected chi connectivity index (χ3v) is 12.7. The number of nitrogens with two attached hydrogens (primary N) is 1. The van der Waals surface area contributed by atoms with Crippen molar-refractivity contribution in [3.63, 3.8) is 0 Å².